The monoisotopic (exact) mass is 407 g/mol. The molecule has 0 spiro atoms. The first-order chi connectivity index (χ1) is 13.6. The summed E-state index contributed by atoms with van der Waals surface area (Å²) in [6.07, 6.45) is 2.02. The minimum atomic E-state index is -0.536. The lowest BCUT2D eigenvalue weighted by molar-refractivity contribution is 0.0365. The predicted octanol–water partition coefficient (Wildman–Crippen LogP) is 3.78. The van der Waals surface area contributed by atoms with Crippen LogP contribution in [0.25, 0.3) is 22.2 Å². The summed E-state index contributed by atoms with van der Waals surface area (Å²) in [5.74, 6) is 0.745. The van der Waals surface area contributed by atoms with Gasteiger partial charge in [-0.1, -0.05) is 11.6 Å². The van der Waals surface area contributed by atoms with Crippen molar-refractivity contribution in [3.8, 4) is 22.8 Å². The summed E-state index contributed by atoms with van der Waals surface area (Å²) in [6, 6.07) is 5.48. The van der Waals surface area contributed by atoms with E-state index in [1.54, 1.807) is 20.3 Å². The first kappa shape index (κ1) is 19.1. The molecule has 0 radical (unpaired) electrons. The Kier molecular flexibility index (Phi) is 5.48. The normalized spacial score (nSPS) is 15.3. The molecule has 0 saturated carbocycles. The van der Waals surface area contributed by atoms with Gasteiger partial charge in [-0.3, -0.25) is 4.90 Å². The molecule has 3 aromatic rings. The van der Waals surface area contributed by atoms with Crippen LogP contribution in [0.15, 0.2) is 24.4 Å². The van der Waals surface area contributed by atoms with E-state index < -0.39 is 5.95 Å². The number of hydrogen-bond donors (Lipinski definition) is 1. The van der Waals surface area contributed by atoms with Gasteiger partial charge < -0.3 is 23.8 Å². The number of aromatic nitrogens is 2. The molecule has 2 aromatic heterocycles. The average Bonchev–Trinajstić information content (AvgIpc) is 3.25. The maximum absolute atomic E-state index is 13.8. The molecule has 1 fully saturated rings. The van der Waals surface area contributed by atoms with Crippen LogP contribution in [-0.2, 0) is 11.3 Å². The fourth-order valence-corrected chi connectivity index (χ4v) is 3.80. The molecule has 0 aliphatic carbocycles. The topological polar surface area (TPSA) is 51.7 Å². The van der Waals surface area contributed by atoms with E-state index in [1.165, 1.54) is 0 Å². The summed E-state index contributed by atoms with van der Waals surface area (Å²) in [7, 11) is 3.22. The molecule has 1 aliphatic heterocycles. The molecule has 150 valence electrons. The third-order valence-electron chi connectivity index (χ3n) is 5.16. The number of nitrogens with one attached hydrogen (secondary N) is 1. The van der Waals surface area contributed by atoms with Crippen LogP contribution in [0.1, 0.15) is 0 Å². The molecule has 0 amide bonds. The van der Waals surface area contributed by atoms with E-state index in [-0.39, 0.29) is 5.02 Å². The van der Waals surface area contributed by atoms with E-state index in [0.717, 1.165) is 55.9 Å². The zero-order valence-electron chi connectivity index (χ0n) is 15.9. The minimum absolute atomic E-state index is 0.0738. The first-order valence-corrected chi connectivity index (χ1v) is 9.58. The summed E-state index contributed by atoms with van der Waals surface area (Å²) >= 11 is 5.93. The van der Waals surface area contributed by atoms with Crippen LogP contribution in [0.3, 0.4) is 0 Å². The van der Waals surface area contributed by atoms with E-state index in [2.05, 4.69) is 14.5 Å². The van der Waals surface area contributed by atoms with Crippen molar-refractivity contribution in [1.82, 2.24) is 14.5 Å². The number of H-pyrrole nitrogens is 1. The van der Waals surface area contributed by atoms with Gasteiger partial charge in [0.15, 0.2) is 11.5 Å². The second kappa shape index (κ2) is 8.03. The van der Waals surface area contributed by atoms with Crippen LogP contribution in [0.2, 0.25) is 5.02 Å². The highest BCUT2D eigenvalue weighted by molar-refractivity contribution is 6.31. The number of benzene rings is 1. The zero-order chi connectivity index (χ0) is 19.7. The second-order valence-electron chi connectivity index (χ2n) is 6.76. The number of ether oxygens (including phenoxy) is 3. The number of fused-ring (bicyclic) bond motifs is 1. The molecule has 6 nitrogen and oxygen atoms in total. The van der Waals surface area contributed by atoms with Gasteiger partial charge in [-0.05, 0) is 12.1 Å². The SMILES string of the molecule is COc1cc2c(-c3cc(Cl)c(F)[nH]3)cn(CCN3CCOCC3)c2cc1OC. The van der Waals surface area contributed by atoms with Crippen LogP contribution in [0, 0.1) is 5.95 Å². The Morgan fingerprint density at radius 2 is 1.82 bits per heavy atom. The number of aromatic amines is 1. The molecule has 28 heavy (non-hydrogen) atoms. The van der Waals surface area contributed by atoms with E-state index in [0.29, 0.717) is 17.2 Å². The molecule has 0 unspecified atom stereocenters. The third kappa shape index (κ3) is 3.57. The van der Waals surface area contributed by atoms with Gasteiger partial charge in [-0.25, -0.2) is 0 Å². The summed E-state index contributed by atoms with van der Waals surface area (Å²) < 4.78 is 32.4. The molecule has 1 aliphatic rings. The van der Waals surface area contributed by atoms with Crippen LogP contribution >= 0.6 is 11.6 Å². The Hall–Kier alpha value is -2.22. The summed E-state index contributed by atoms with van der Waals surface area (Å²) in [4.78, 5) is 5.10. The van der Waals surface area contributed by atoms with Gasteiger partial charge in [-0.15, -0.1) is 0 Å². The van der Waals surface area contributed by atoms with E-state index in [1.807, 2.05) is 18.3 Å². The van der Waals surface area contributed by atoms with Crippen molar-refractivity contribution < 1.29 is 18.6 Å². The maximum atomic E-state index is 13.8. The number of methoxy groups -OCH3 is 2. The molecular weight excluding hydrogens is 385 g/mol. The van der Waals surface area contributed by atoms with Crippen molar-refractivity contribution in [2.75, 3.05) is 47.1 Å². The lowest BCUT2D eigenvalue weighted by Crippen LogP contribution is -2.38. The van der Waals surface area contributed by atoms with Crippen molar-refractivity contribution in [2.24, 2.45) is 0 Å². The number of halogens is 2. The Labute approximate surface area is 167 Å². The van der Waals surface area contributed by atoms with Gasteiger partial charge in [0.05, 0.1) is 43.7 Å². The summed E-state index contributed by atoms with van der Waals surface area (Å²) in [5, 5.41) is 1.02. The van der Waals surface area contributed by atoms with Gasteiger partial charge >= 0.3 is 0 Å². The quantitative estimate of drug-likeness (QED) is 0.675. The van der Waals surface area contributed by atoms with Crippen LogP contribution in [0.4, 0.5) is 4.39 Å². The number of hydrogen-bond acceptors (Lipinski definition) is 4. The molecule has 0 atom stereocenters. The zero-order valence-corrected chi connectivity index (χ0v) is 16.7. The van der Waals surface area contributed by atoms with Crippen LogP contribution < -0.4 is 9.47 Å². The molecule has 8 heteroatoms. The van der Waals surface area contributed by atoms with Gasteiger partial charge in [-0.2, -0.15) is 4.39 Å². The molecule has 1 N–H and O–H groups in total. The fourth-order valence-electron chi connectivity index (χ4n) is 3.64. The molecule has 4 rings (SSSR count). The molecular formula is C20H23ClFN3O3. The Morgan fingerprint density at radius 3 is 2.46 bits per heavy atom. The van der Waals surface area contributed by atoms with Crippen molar-refractivity contribution in [2.45, 2.75) is 6.54 Å². The van der Waals surface area contributed by atoms with E-state index >= 15 is 0 Å². The Bertz CT molecular complexity index is 959. The lowest BCUT2D eigenvalue weighted by atomic mass is 10.1. The highest BCUT2D eigenvalue weighted by atomic mass is 35.5. The van der Waals surface area contributed by atoms with Gasteiger partial charge in [0, 0.05) is 49.4 Å². The molecule has 0 bridgehead atoms. The summed E-state index contributed by atoms with van der Waals surface area (Å²) in [5.41, 5.74) is 2.49. The number of morpholine rings is 1. The van der Waals surface area contributed by atoms with Crippen molar-refractivity contribution in [3.63, 3.8) is 0 Å². The van der Waals surface area contributed by atoms with Crippen molar-refractivity contribution in [3.05, 3.63) is 35.4 Å². The van der Waals surface area contributed by atoms with E-state index in [4.69, 9.17) is 25.8 Å². The molecule has 3 heterocycles. The predicted molar refractivity (Wildman–Crippen MR) is 107 cm³/mol. The van der Waals surface area contributed by atoms with Gasteiger partial charge in [0.1, 0.15) is 0 Å². The Morgan fingerprint density at radius 1 is 1.11 bits per heavy atom. The second-order valence-corrected chi connectivity index (χ2v) is 7.17. The highest BCUT2D eigenvalue weighted by Crippen LogP contribution is 2.39. The largest absolute Gasteiger partial charge is 0.493 e. The molecule has 1 saturated heterocycles. The van der Waals surface area contributed by atoms with Gasteiger partial charge in [0.25, 0.3) is 0 Å². The van der Waals surface area contributed by atoms with Crippen molar-refractivity contribution in [1.29, 1.82) is 0 Å². The van der Waals surface area contributed by atoms with Crippen LogP contribution in [0.5, 0.6) is 11.5 Å². The highest BCUT2D eigenvalue weighted by Gasteiger charge is 2.18. The van der Waals surface area contributed by atoms with Gasteiger partial charge in [0.2, 0.25) is 5.95 Å². The maximum Gasteiger partial charge on any atom is 0.210 e. The van der Waals surface area contributed by atoms with Crippen LogP contribution in [-0.4, -0.2) is 61.5 Å². The van der Waals surface area contributed by atoms with E-state index in [9.17, 15) is 4.39 Å². The lowest BCUT2D eigenvalue weighted by Gasteiger charge is -2.26. The molecule has 1 aromatic carbocycles. The standard InChI is InChI=1S/C20H23ClFN3O3/c1-26-18-9-13-14(16-10-15(21)20(22)23-16)12-25(17(13)11-19(18)27-2)4-3-24-5-7-28-8-6-24/h9-12,23H,3-8H2,1-2H3. The number of rotatable bonds is 6. The smallest absolute Gasteiger partial charge is 0.210 e. The fraction of sp³-hybridized carbons (Fsp3) is 0.400. The minimum Gasteiger partial charge on any atom is -0.493 e. The summed E-state index contributed by atoms with van der Waals surface area (Å²) in [6.45, 7) is 5.09. The van der Waals surface area contributed by atoms with Crippen molar-refractivity contribution >= 4 is 22.5 Å². The average molecular weight is 408 g/mol. The Balaban J connectivity index is 1.76. The third-order valence-corrected chi connectivity index (χ3v) is 5.44. The number of nitrogens with zero attached hydrogens (tertiary/aromatic N) is 2. The first-order valence-electron chi connectivity index (χ1n) is 9.20.